The summed E-state index contributed by atoms with van der Waals surface area (Å²) in [4.78, 5) is 21.5. The number of ether oxygens (including phenoxy) is 1. The van der Waals surface area contributed by atoms with E-state index < -0.39 is 0 Å². The number of methoxy groups -OCH3 is 1. The maximum atomic E-state index is 13.3. The highest BCUT2D eigenvalue weighted by atomic mass is 32.1. The zero-order chi connectivity index (χ0) is 19.3. The van der Waals surface area contributed by atoms with Crippen molar-refractivity contribution in [3.8, 4) is 5.75 Å². The van der Waals surface area contributed by atoms with Gasteiger partial charge in [0.15, 0.2) is 5.13 Å². The minimum Gasteiger partial charge on any atom is -0.497 e. The first-order valence-electron chi connectivity index (χ1n) is 9.89. The molecule has 1 saturated heterocycles. The van der Waals surface area contributed by atoms with Crippen LogP contribution in [-0.4, -0.2) is 44.2 Å². The van der Waals surface area contributed by atoms with Gasteiger partial charge in [0, 0.05) is 5.56 Å². The number of fused-ring (bicyclic) bond motifs is 1. The summed E-state index contributed by atoms with van der Waals surface area (Å²) < 4.78 is 6.33. The number of aromatic nitrogens is 1. The molecule has 146 valence electrons. The zero-order valence-corrected chi connectivity index (χ0v) is 17.0. The normalized spacial score (nSPS) is 14.9. The van der Waals surface area contributed by atoms with Crippen LogP contribution in [-0.2, 0) is 0 Å². The fourth-order valence-corrected chi connectivity index (χ4v) is 4.71. The molecule has 1 aliphatic rings. The summed E-state index contributed by atoms with van der Waals surface area (Å²) in [6.07, 6.45) is 3.89. The molecule has 0 spiro atoms. The standard InChI is InChI=1S/C22H25N3O2S/c1-27-18-11-9-17(10-12-18)21(26)25(16-15-24-13-5-2-6-14-24)22-23-19-7-3-4-8-20(19)28-22/h3-4,7-12H,2,5-6,13-16H2,1H3/p+1. The van der Waals surface area contributed by atoms with Crippen molar-refractivity contribution in [2.24, 2.45) is 0 Å². The third kappa shape index (κ3) is 4.18. The minimum absolute atomic E-state index is 0.00174. The smallest absolute Gasteiger partial charge is 0.260 e. The van der Waals surface area contributed by atoms with Gasteiger partial charge in [0.1, 0.15) is 5.75 Å². The van der Waals surface area contributed by atoms with Crippen LogP contribution in [0.5, 0.6) is 5.75 Å². The van der Waals surface area contributed by atoms with E-state index in [0.29, 0.717) is 12.1 Å². The van der Waals surface area contributed by atoms with Crippen molar-refractivity contribution in [1.29, 1.82) is 0 Å². The number of piperidine rings is 1. The number of nitrogens with zero attached hydrogens (tertiary/aromatic N) is 2. The summed E-state index contributed by atoms with van der Waals surface area (Å²) in [5.74, 6) is 0.749. The van der Waals surface area contributed by atoms with E-state index in [0.717, 1.165) is 27.6 Å². The van der Waals surface area contributed by atoms with Crippen molar-refractivity contribution in [2.75, 3.05) is 38.2 Å². The molecule has 1 fully saturated rings. The molecule has 0 saturated carbocycles. The number of hydrogen-bond donors (Lipinski definition) is 1. The van der Waals surface area contributed by atoms with Crippen LogP contribution in [0.15, 0.2) is 48.5 Å². The largest absolute Gasteiger partial charge is 0.497 e. The highest BCUT2D eigenvalue weighted by Crippen LogP contribution is 2.29. The molecular formula is C22H26N3O2S+. The number of nitrogens with one attached hydrogen (secondary N) is 1. The molecule has 5 nitrogen and oxygen atoms in total. The van der Waals surface area contributed by atoms with E-state index in [4.69, 9.17) is 9.72 Å². The lowest BCUT2D eigenvalue weighted by Crippen LogP contribution is -3.13. The Bertz CT molecular complexity index is 899. The molecule has 0 radical (unpaired) electrons. The molecule has 2 heterocycles. The number of rotatable bonds is 6. The topological polar surface area (TPSA) is 46.9 Å². The van der Waals surface area contributed by atoms with E-state index in [1.165, 1.54) is 32.4 Å². The van der Waals surface area contributed by atoms with Gasteiger partial charge >= 0.3 is 0 Å². The fraction of sp³-hybridized carbons (Fsp3) is 0.364. The number of carbonyl (C=O) groups excluding carboxylic acids is 1. The molecule has 1 N–H and O–H groups in total. The maximum Gasteiger partial charge on any atom is 0.260 e. The molecule has 0 bridgehead atoms. The van der Waals surface area contributed by atoms with Gasteiger partial charge in [-0.25, -0.2) is 4.98 Å². The number of thiazole rings is 1. The van der Waals surface area contributed by atoms with E-state index in [-0.39, 0.29) is 5.91 Å². The van der Waals surface area contributed by atoms with Gasteiger partial charge in [0.25, 0.3) is 5.91 Å². The summed E-state index contributed by atoms with van der Waals surface area (Å²) in [6, 6.07) is 15.4. The minimum atomic E-state index is -0.00174. The van der Waals surface area contributed by atoms with Gasteiger partial charge in [-0.2, -0.15) is 0 Å². The van der Waals surface area contributed by atoms with Gasteiger partial charge in [0.2, 0.25) is 0 Å². The van der Waals surface area contributed by atoms with Gasteiger partial charge in [-0.3, -0.25) is 9.69 Å². The Labute approximate surface area is 169 Å². The zero-order valence-electron chi connectivity index (χ0n) is 16.2. The summed E-state index contributed by atoms with van der Waals surface area (Å²) in [7, 11) is 1.63. The molecule has 1 aliphatic heterocycles. The second-order valence-corrected chi connectivity index (χ2v) is 8.22. The molecule has 28 heavy (non-hydrogen) atoms. The van der Waals surface area contributed by atoms with E-state index in [1.807, 2.05) is 47.4 Å². The molecule has 4 rings (SSSR count). The van der Waals surface area contributed by atoms with Crippen molar-refractivity contribution in [3.63, 3.8) is 0 Å². The number of hydrogen-bond acceptors (Lipinski definition) is 4. The van der Waals surface area contributed by atoms with Crippen molar-refractivity contribution < 1.29 is 14.4 Å². The van der Waals surface area contributed by atoms with Crippen LogP contribution in [0.4, 0.5) is 5.13 Å². The molecule has 3 aromatic rings. The first-order valence-corrected chi connectivity index (χ1v) is 10.7. The average molecular weight is 397 g/mol. The van der Waals surface area contributed by atoms with Crippen LogP contribution in [0.2, 0.25) is 0 Å². The number of likely N-dealkylation sites (tertiary alicyclic amines) is 1. The Morgan fingerprint density at radius 2 is 1.86 bits per heavy atom. The molecule has 6 heteroatoms. The van der Waals surface area contributed by atoms with Crippen molar-refractivity contribution in [2.45, 2.75) is 19.3 Å². The quantitative estimate of drug-likeness (QED) is 0.697. The second kappa shape index (κ2) is 8.71. The first-order chi connectivity index (χ1) is 13.7. The monoisotopic (exact) mass is 396 g/mol. The summed E-state index contributed by atoms with van der Waals surface area (Å²) in [5.41, 5.74) is 1.61. The number of carbonyl (C=O) groups is 1. The van der Waals surface area contributed by atoms with Crippen LogP contribution >= 0.6 is 11.3 Å². The van der Waals surface area contributed by atoms with Crippen molar-refractivity contribution in [1.82, 2.24) is 4.98 Å². The molecule has 0 aliphatic carbocycles. The van der Waals surface area contributed by atoms with Crippen LogP contribution in [0, 0.1) is 0 Å². The Hall–Kier alpha value is -2.44. The molecule has 0 atom stereocenters. The maximum absolute atomic E-state index is 13.3. The molecule has 1 amide bonds. The highest BCUT2D eigenvalue weighted by Gasteiger charge is 2.24. The van der Waals surface area contributed by atoms with Gasteiger partial charge in [0.05, 0.1) is 43.5 Å². The first kappa shape index (κ1) is 18.9. The fourth-order valence-electron chi connectivity index (χ4n) is 3.72. The Morgan fingerprint density at radius 1 is 1.11 bits per heavy atom. The van der Waals surface area contributed by atoms with Crippen LogP contribution in [0.25, 0.3) is 10.2 Å². The third-order valence-electron chi connectivity index (χ3n) is 5.35. The van der Waals surface area contributed by atoms with Gasteiger partial charge < -0.3 is 9.64 Å². The number of quaternary nitrogens is 1. The third-order valence-corrected chi connectivity index (χ3v) is 6.40. The number of amides is 1. The summed E-state index contributed by atoms with van der Waals surface area (Å²) in [5, 5.41) is 0.776. The number of benzene rings is 2. The van der Waals surface area contributed by atoms with Gasteiger partial charge in [-0.05, 0) is 55.7 Å². The van der Waals surface area contributed by atoms with E-state index in [1.54, 1.807) is 23.3 Å². The lowest BCUT2D eigenvalue weighted by molar-refractivity contribution is -0.903. The predicted octanol–water partition coefficient (Wildman–Crippen LogP) is 3.02. The van der Waals surface area contributed by atoms with Crippen molar-refractivity contribution >= 4 is 32.6 Å². The van der Waals surface area contributed by atoms with Crippen molar-refractivity contribution in [3.05, 3.63) is 54.1 Å². The van der Waals surface area contributed by atoms with Crippen LogP contribution < -0.4 is 14.5 Å². The van der Waals surface area contributed by atoms with Gasteiger partial charge in [-0.15, -0.1) is 0 Å². The SMILES string of the molecule is COc1ccc(C(=O)N(CC[NH+]2CCCCC2)c2nc3ccccc3s2)cc1. The second-order valence-electron chi connectivity index (χ2n) is 7.21. The van der Waals surface area contributed by atoms with Crippen LogP contribution in [0.1, 0.15) is 29.6 Å². The Morgan fingerprint density at radius 3 is 2.57 bits per heavy atom. The summed E-state index contributed by atoms with van der Waals surface area (Å²) >= 11 is 1.58. The van der Waals surface area contributed by atoms with E-state index in [9.17, 15) is 4.79 Å². The lowest BCUT2D eigenvalue weighted by Gasteiger charge is -2.26. The van der Waals surface area contributed by atoms with Gasteiger partial charge in [-0.1, -0.05) is 23.5 Å². The van der Waals surface area contributed by atoms with E-state index in [2.05, 4.69) is 6.07 Å². The Kier molecular flexibility index (Phi) is 5.88. The molecular weight excluding hydrogens is 370 g/mol. The summed E-state index contributed by atoms with van der Waals surface area (Å²) in [6.45, 7) is 4.03. The molecule has 2 aromatic carbocycles. The molecule has 1 aromatic heterocycles. The number of para-hydroxylation sites is 1. The highest BCUT2D eigenvalue weighted by molar-refractivity contribution is 7.22. The predicted molar refractivity (Wildman–Crippen MR) is 114 cm³/mol. The van der Waals surface area contributed by atoms with Crippen LogP contribution in [0.3, 0.4) is 0 Å². The lowest BCUT2D eigenvalue weighted by atomic mass is 10.1. The van der Waals surface area contributed by atoms with E-state index >= 15 is 0 Å². The Balaban J connectivity index is 1.60. The number of anilines is 1. The average Bonchev–Trinajstić information content (AvgIpc) is 3.18. The molecule has 0 unspecified atom stereocenters.